The molecular weight excluding hydrogens is 294 g/mol. The van der Waals surface area contributed by atoms with Crippen molar-refractivity contribution in [1.29, 1.82) is 0 Å². The Hall–Kier alpha value is -2.83. The van der Waals surface area contributed by atoms with Gasteiger partial charge in [0.2, 0.25) is 0 Å². The zero-order valence-electron chi connectivity index (χ0n) is 13.2. The number of anilines is 1. The monoisotopic (exact) mass is 313 g/mol. The number of hydrogen-bond donors (Lipinski definition) is 2. The number of methoxy groups -OCH3 is 1. The summed E-state index contributed by atoms with van der Waals surface area (Å²) in [6.45, 7) is 2.51. The van der Waals surface area contributed by atoms with E-state index in [1.54, 1.807) is 13.2 Å². The van der Waals surface area contributed by atoms with Crippen molar-refractivity contribution in [1.82, 2.24) is 19.6 Å². The first kappa shape index (κ1) is 15.1. The molecule has 0 aliphatic rings. The van der Waals surface area contributed by atoms with Gasteiger partial charge in [0.05, 0.1) is 19.3 Å². The number of nitrogens with one attached hydrogen (secondary N) is 2. The predicted molar refractivity (Wildman–Crippen MR) is 87.9 cm³/mol. The Morgan fingerprint density at radius 2 is 2.17 bits per heavy atom. The highest BCUT2D eigenvalue weighted by atomic mass is 16.5. The van der Waals surface area contributed by atoms with Gasteiger partial charge in [-0.05, 0) is 18.6 Å². The number of H-pyrrole nitrogens is 1. The number of benzene rings is 1. The minimum Gasteiger partial charge on any atom is -0.497 e. The van der Waals surface area contributed by atoms with Crippen LogP contribution in [0.25, 0.3) is 5.78 Å². The van der Waals surface area contributed by atoms with Crippen molar-refractivity contribution in [2.24, 2.45) is 0 Å². The molecule has 7 nitrogen and oxygen atoms in total. The van der Waals surface area contributed by atoms with Crippen LogP contribution in [-0.2, 0) is 13.0 Å². The molecule has 0 spiro atoms. The minimum atomic E-state index is -0.140. The number of ether oxygens (including phenoxy) is 1. The first-order valence-corrected chi connectivity index (χ1v) is 7.55. The molecule has 0 aliphatic carbocycles. The summed E-state index contributed by atoms with van der Waals surface area (Å²) in [7, 11) is 1.63. The van der Waals surface area contributed by atoms with Gasteiger partial charge in [-0.1, -0.05) is 19.4 Å². The lowest BCUT2D eigenvalue weighted by Crippen LogP contribution is -2.15. The standard InChI is InChI=1S/C16H19N5O2/c1-3-5-12-9-15(22)21-16(18-12)19-14(20-21)10-17-11-6-4-7-13(8-11)23-2/h4,6-9,17H,3,5,10H2,1-2H3,(H,18,19,20). The first-order chi connectivity index (χ1) is 11.2. The number of aryl methyl sites for hydroxylation is 1. The van der Waals surface area contributed by atoms with E-state index in [2.05, 4.69) is 27.3 Å². The Kier molecular flexibility index (Phi) is 4.27. The maximum Gasteiger partial charge on any atom is 0.274 e. The SMILES string of the molecule is CCCc1cc(=O)n2[nH]c(CNc3cccc(OC)c3)nc2n1. The molecule has 0 amide bonds. The van der Waals surface area contributed by atoms with Crippen molar-refractivity contribution in [2.75, 3.05) is 12.4 Å². The molecule has 0 aliphatic heterocycles. The minimum absolute atomic E-state index is 0.140. The third-order valence-corrected chi connectivity index (χ3v) is 3.47. The number of aromatic nitrogens is 4. The number of hydrogen-bond acceptors (Lipinski definition) is 5. The second kappa shape index (κ2) is 6.51. The number of rotatable bonds is 6. The summed E-state index contributed by atoms with van der Waals surface area (Å²) < 4.78 is 6.55. The van der Waals surface area contributed by atoms with Crippen molar-refractivity contribution >= 4 is 11.5 Å². The van der Waals surface area contributed by atoms with Crippen LogP contribution in [0.2, 0.25) is 0 Å². The van der Waals surface area contributed by atoms with Gasteiger partial charge in [0.25, 0.3) is 11.3 Å². The summed E-state index contributed by atoms with van der Waals surface area (Å²) in [5.74, 6) is 1.83. The smallest absolute Gasteiger partial charge is 0.274 e. The lowest BCUT2D eigenvalue weighted by molar-refractivity contribution is 0.415. The molecular formula is C16H19N5O2. The van der Waals surface area contributed by atoms with Gasteiger partial charge >= 0.3 is 0 Å². The Balaban J connectivity index is 1.80. The molecule has 120 valence electrons. The van der Waals surface area contributed by atoms with E-state index in [-0.39, 0.29) is 5.56 Å². The molecule has 0 atom stereocenters. The quantitative estimate of drug-likeness (QED) is 0.727. The maximum absolute atomic E-state index is 12.1. The molecule has 0 radical (unpaired) electrons. The highest BCUT2D eigenvalue weighted by Crippen LogP contribution is 2.17. The molecule has 3 rings (SSSR count). The van der Waals surface area contributed by atoms with E-state index < -0.39 is 0 Å². The lowest BCUT2D eigenvalue weighted by Gasteiger charge is -2.05. The van der Waals surface area contributed by atoms with E-state index in [9.17, 15) is 4.79 Å². The third-order valence-electron chi connectivity index (χ3n) is 3.47. The second-order valence-electron chi connectivity index (χ2n) is 5.23. The first-order valence-electron chi connectivity index (χ1n) is 7.55. The molecule has 3 aromatic rings. The van der Waals surface area contributed by atoms with Gasteiger partial charge < -0.3 is 10.1 Å². The van der Waals surface area contributed by atoms with Gasteiger partial charge in [0.1, 0.15) is 11.6 Å². The average molecular weight is 313 g/mol. The van der Waals surface area contributed by atoms with Crippen molar-refractivity contribution in [2.45, 2.75) is 26.3 Å². The van der Waals surface area contributed by atoms with Crippen molar-refractivity contribution in [3.63, 3.8) is 0 Å². The lowest BCUT2D eigenvalue weighted by atomic mass is 10.2. The molecule has 1 aromatic carbocycles. The number of aromatic amines is 1. The summed E-state index contributed by atoms with van der Waals surface area (Å²) in [5.41, 5.74) is 1.55. The number of nitrogens with zero attached hydrogens (tertiary/aromatic N) is 3. The third kappa shape index (κ3) is 3.33. The highest BCUT2D eigenvalue weighted by molar-refractivity contribution is 5.48. The molecule has 2 aromatic heterocycles. The van der Waals surface area contributed by atoms with E-state index in [0.29, 0.717) is 18.1 Å². The maximum atomic E-state index is 12.1. The van der Waals surface area contributed by atoms with Gasteiger partial charge in [-0.3, -0.25) is 9.89 Å². The molecule has 0 unspecified atom stereocenters. The molecule has 2 heterocycles. The van der Waals surface area contributed by atoms with Crippen molar-refractivity contribution in [3.8, 4) is 5.75 Å². The second-order valence-corrected chi connectivity index (χ2v) is 5.23. The largest absolute Gasteiger partial charge is 0.497 e. The Bertz CT molecular complexity index is 868. The van der Waals surface area contributed by atoms with Crippen LogP contribution in [0.5, 0.6) is 5.75 Å². The summed E-state index contributed by atoms with van der Waals surface area (Å²) in [6.07, 6.45) is 1.72. The van der Waals surface area contributed by atoms with Gasteiger partial charge in [0, 0.05) is 17.8 Å². The van der Waals surface area contributed by atoms with Crippen LogP contribution in [-0.4, -0.2) is 26.7 Å². The highest BCUT2D eigenvalue weighted by Gasteiger charge is 2.07. The van der Waals surface area contributed by atoms with Crippen LogP contribution in [0.4, 0.5) is 5.69 Å². The van der Waals surface area contributed by atoms with Gasteiger partial charge in [-0.2, -0.15) is 9.50 Å². The zero-order valence-corrected chi connectivity index (χ0v) is 13.2. The van der Waals surface area contributed by atoms with E-state index in [1.807, 2.05) is 24.3 Å². The number of fused-ring (bicyclic) bond motifs is 1. The molecule has 0 saturated carbocycles. The molecule has 0 fully saturated rings. The van der Waals surface area contributed by atoms with E-state index in [1.165, 1.54) is 4.52 Å². The van der Waals surface area contributed by atoms with Crippen LogP contribution < -0.4 is 15.6 Å². The van der Waals surface area contributed by atoms with Crippen molar-refractivity contribution < 1.29 is 4.74 Å². The van der Waals surface area contributed by atoms with Gasteiger partial charge in [0.15, 0.2) is 0 Å². The normalized spacial score (nSPS) is 10.9. The fraction of sp³-hybridized carbons (Fsp3) is 0.312. The van der Waals surface area contributed by atoms with E-state index in [4.69, 9.17) is 4.74 Å². The average Bonchev–Trinajstić information content (AvgIpc) is 2.97. The molecule has 0 bridgehead atoms. The zero-order chi connectivity index (χ0) is 16.2. The molecule has 23 heavy (non-hydrogen) atoms. The Morgan fingerprint density at radius 3 is 2.96 bits per heavy atom. The molecule has 7 heteroatoms. The molecule has 0 saturated heterocycles. The van der Waals surface area contributed by atoms with E-state index >= 15 is 0 Å². The van der Waals surface area contributed by atoms with Crippen molar-refractivity contribution in [3.05, 3.63) is 52.2 Å². The van der Waals surface area contributed by atoms with Crippen LogP contribution in [0, 0.1) is 0 Å². The van der Waals surface area contributed by atoms with Crippen LogP contribution in [0.1, 0.15) is 24.9 Å². The predicted octanol–water partition coefficient (Wildman–Crippen LogP) is 1.99. The summed E-state index contributed by atoms with van der Waals surface area (Å²) in [5, 5.41) is 6.21. The van der Waals surface area contributed by atoms with Crippen LogP contribution >= 0.6 is 0 Å². The van der Waals surface area contributed by atoms with Crippen LogP contribution in [0.3, 0.4) is 0 Å². The van der Waals surface area contributed by atoms with E-state index in [0.717, 1.165) is 30.0 Å². The topological polar surface area (TPSA) is 84.3 Å². The van der Waals surface area contributed by atoms with Gasteiger partial charge in [-0.15, -0.1) is 0 Å². The Morgan fingerprint density at radius 1 is 1.30 bits per heavy atom. The summed E-state index contributed by atoms with van der Waals surface area (Å²) >= 11 is 0. The summed E-state index contributed by atoms with van der Waals surface area (Å²) in [6, 6.07) is 9.17. The molecule has 2 N–H and O–H groups in total. The van der Waals surface area contributed by atoms with Gasteiger partial charge in [-0.25, -0.2) is 4.98 Å². The fourth-order valence-corrected chi connectivity index (χ4v) is 2.35. The fourth-order valence-electron chi connectivity index (χ4n) is 2.35. The summed E-state index contributed by atoms with van der Waals surface area (Å²) in [4.78, 5) is 20.8. The van der Waals surface area contributed by atoms with Crippen LogP contribution in [0.15, 0.2) is 35.1 Å². The Labute approximate surface area is 133 Å².